The summed E-state index contributed by atoms with van der Waals surface area (Å²) in [6, 6.07) is 11.2. The van der Waals surface area contributed by atoms with Gasteiger partial charge in [0.25, 0.3) is 5.91 Å². The quantitative estimate of drug-likeness (QED) is 0.841. The molecular formula is C16H13BrFNO2. The molecule has 0 unspecified atom stereocenters. The Bertz CT molecular complexity index is 673. The van der Waals surface area contributed by atoms with Gasteiger partial charge < -0.3 is 5.32 Å². The van der Waals surface area contributed by atoms with Crippen molar-refractivity contribution in [1.29, 1.82) is 0 Å². The number of amides is 1. The molecule has 0 saturated heterocycles. The van der Waals surface area contributed by atoms with E-state index in [0.717, 1.165) is 0 Å². The van der Waals surface area contributed by atoms with Gasteiger partial charge in [-0.25, -0.2) is 4.39 Å². The molecular weight excluding hydrogens is 337 g/mol. The largest absolute Gasteiger partial charge is 0.352 e. The highest BCUT2D eigenvalue weighted by molar-refractivity contribution is 9.10. The minimum absolute atomic E-state index is 0.279. The Kier molecular flexibility index (Phi) is 5.22. The van der Waals surface area contributed by atoms with Gasteiger partial charge in [-0.15, -0.1) is 0 Å². The molecule has 0 aliphatic carbocycles. The van der Waals surface area contributed by atoms with Crippen molar-refractivity contribution in [2.75, 3.05) is 6.54 Å². The summed E-state index contributed by atoms with van der Waals surface area (Å²) in [5, 5.41) is 2.71. The third-order valence-electron chi connectivity index (χ3n) is 3.02. The van der Waals surface area contributed by atoms with Crippen molar-refractivity contribution in [2.24, 2.45) is 0 Å². The number of hydrogen-bond donors (Lipinski definition) is 1. The van der Waals surface area contributed by atoms with Crippen molar-refractivity contribution in [3.05, 3.63) is 69.4 Å². The number of halogens is 2. The Labute approximate surface area is 130 Å². The van der Waals surface area contributed by atoms with E-state index in [0.29, 0.717) is 40.4 Å². The normalized spacial score (nSPS) is 10.2. The molecule has 0 aliphatic rings. The maximum Gasteiger partial charge on any atom is 0.251 e. The highest BCUT2D eigenvalue weighted by atomic mass is 79.9. The monoisotopic (exact) mass is 349 g/mol. The molecule has 0 bridgehead atoms. The molecule has 0 radical (unpaired) electrons. The first-order valence-corrected chi connectivity index (χ1v) is 7.17. The number of aldehydes is 1. The van der Waals surface area contributed by atoms with E-state index in [-0.39, 0.29) is 11.7 Å². The predicted molar refractivity (Wildman–Crippen MR) is 82.0 cm³/mol. The van der Waals surface area contributed by atoms with Gasteiger partial charge in [-0.3, -0.25) is 9.59 Å². The van der Waals surface area contributed by atoms with Crippen LogP contribution in [0.25, 0.3) is 0 Å². The Morgan fingerprint density at radius 3 is 2.71 bits per heavy atom. The summed E-state index contributed by atoms with van der Waals surface area (Å²) in [4.78, 5) is 22.8. The fraction of sp³-hybridized carbons (Fsp3) is 0.125. The molecule has 0 atom stereocenters. The van der Waals surface area contributed by atoms with Crippen molar-refractivity contribution in [3.8, 4) is 0 Å². The van der Waals surface area contributed by atoms with Crippen molar-refractivity contribution >= 4 is 28.1 Å². The van der Waals surface area contributed by atoms with Gasteiger partial charge in [0.15, 0.2) is 6.29 Å². The lowest BCUT2D eigenvalue weighted by Crippen LogP contribution is -2.26. The molecule has 1 amide bonds. The van der Waals surface area contributed by atoms with E-state index in [2.05, 4.69) is 21.2 Å². The average Bonchev–Trinajstić information content (AvgIpc) is 2.49. The minimum atomic E-state index is -0.290. The van der Waals surface area contributed by atoms with Crippen molar-refractivity contribution in [3.63, 3.8) is 0 Å². The van der Waals surface area contributed by atoms with Gasteiger partial charge in [-0.1, -0.05) is 34.1 Å². The van der Waals surface area contributed by atoms with Crippen LogP contribution >= 0.6 is 15.9 Å². The first-order valence-electron chi connectivity index (χ1n) is 6.38. The standard InChI is InChI=1S/C16H13BrFNO2/c17-14-6-5-12(9-13(14)10-20)16(21)19-8-7-11-3-1-2-4-15(11)18/h1-6,9-10H,7-8H2,(H,19,21). The first-order chi connectivity index (χ1) is 10.1. The smallest absolute Gasteiger partial charge is 0.251 e. The van der Waals surface area contributed by atoms with Crippen LogP contribution in [0.4, 0.5) is 4.39 Å². The zero-order valence-electron chi connectivity index (χ0n) is 11.1. The van der Waals surface area contributed by atoms with Gasteiger partial charge in [0.05, 0.1) is 0 Å². The van der Waals surface area contributed by atoms with E-state index < -0.39 is 0 Å². The van der Waals surface area contributed by atoms with E-state index in [9.17, 15) is 14.0 Å². The van der Waals surface area contributed by atoms with E-state index >= 15 is 0 Å². The molecule has 108 valence electrons. The molecule has 5 heteroatoms. The molecule has 0 heterocycles. The van der Waals surface area contributed by atoms with Gasteiger partial charge in [0.2, 0.25) is 0 Å². The summed E-state index contributed by atoms with van der Waals surface area (Å²) < 4.78 is 14.1. The lowest BCUT2D eigenvalue weighted by molar-refractivity contribution is 0.0954. The SMILES string of the molecule is O=Cc1cc(C(=O)NCCc2ccccc2F)ccc1Br. The van der Waals surface area contributed by atoms with Crippen molar-refractivity contribution < 1.29 is 14.0 Å². The van der Waals surface area contributed by atoms with Crippen LogP contribution in [0.15, 0.2) is 46.9 Å². The van der Waals surface area contributed by atoms with Crippen molar-refractivity contribution in [1.82, 2.24) is 5.32 Å². The van der Waals surface area contributed by atoms with Crippen LogP contribution in [0.3, 0.4) is 0 Å². The van der Waals surface area contributed by atoms with E-state index in [1.807, 2.05) is 0 Å². The van der Waals surface area contributed by atoms with Crippen LogP contribution in [0.1, 0.15) is 26.3 Å². The van der Waals surface area contributed by atoms with E-state index in [1.165, 1.54) is 12.1 Å². The number of carbonyl (C=O) groups is 2. The number of carbonyl (C=O) groups excluding carboxylic acids is 2. The zero-order chi connectivity index (χ0) is 15.2. The second-order valence-electron chi connectivity index (χ2n) is 4.45. The second-order valence-corrected chi connectivity index (χ2v) is 5.31. The Morgan fingerprint density at radius 2 is 2.00 bits per heavy atom. The summed E-state index contributed by atoms with van der Waals surface area (Å²) in [5.74, 6) is -0.569. The molecule has 2 aromatic carbocycles. The number of hydrogen-bond acceptors (Lipinski definition) is 2. The molecule has 21 heavy (non-hydrogen) atoms. The van der Waals surface area contributed by atoms with Gasteiger partial charge >= 0.3 is 0 Å². The zero-order valence-corrected chi connectivity index (χ0v) is 12.7. The average molecular weight is 350 g/mol. The maximum absolute atomic E-state index is 13.4. The molecule has 0 spiro atoms. The predicted octanol–water partition coefficient (Wildman–Crippen LogP) is 3.37. The van der Waals surface area contributed by atoms with Gasteiger partial charge in [0, 0.05) is 22.1 Å². The maximum atomic E-state index is 13.4. The molecule has 0 aromatic heterocycles. The van der Waals surface area contributed by atoms with E-state index in [4.69, 9.17) is 0 Å². The van der Waals surface area contributed by atoms with Gasteiger partial charge in [0.1, 0.15) is 5.82 Å². The number of benzene rings is 2. The third kappa shape index (κ3) is 3.98. The molecule has 2 aromatic rings. The molecule has 0 saturated carbocycles. The van der Waals surface area contributed by atoms with Crippen LogP contribution in [0, 0.1) is 5.82 Å². The fourth-order valence-corrected chi connectivity index (χ4v) is 2.23. The lowest BCUT2D eigenvalue weighted by Gasteiger charge is -2.07. The Morgan fingerprint density at radius 1 is 1.24 bits per heavy atom. The lowest BCUT2D eigenvalue weighted by atomic mass is 10.1. The molecule has 1 N–H and O–H groups in total. The minimum Gasteiger partial charge on any atom is -0.352 e. The summed E-state index contributed by atoms with van der Waals surface area (Å²) in [7, 11) is 0. The van der Waals surface area contributed by atoms with Crippen LogP contribution in [0.2, 0.25) is 0 Å². The summed E-state index contributed by atoms with van der Waals surface area (Å²) in [5.41, 5.74) is 1.37. The number of rotatable bonds is 5. The number of nitrogens with one attached hydrogen (secondary N) is 1. The molecule has 3 nitrogen and oxygen atoms in total. The second kappa shape index (κ2) is 7.13. The highest BCUT2D eigenvalue weighted by Crippen LogP contribution is 2.16. The van der Waals surface area contributed by atoms with Crippen LogP contribution in [0.5, 0.6) is 0 Å². The fourth-order valence-electron chi connectivity index (χ4n) is 1.89. The highest BCUT2D eigenvalue weighted by Gasteiger charge is 2.08. The van der Waals surface area contributed by atoms with Crippen LogP contribution < -0.4 is 5.32 Å². The van der Waals surface area contributed by atoms with Gasteiger partial charge in [-0.05, 0) is 36.2 Å². The first kappa shape index (κ1) is 15.4. The third-order valence-corrected chi connectivity index (χ3v) is 3.75. The topological polar surface area (TPSA) is 46.2 Å². The molecule has 0 aliphatic heterocycles. The Balaban J connectivity index is 1.96. The van der Waals surface area contributed by atoms with Crippen LogP contribution in [-0.4, -0.2) is 18.7 Å². The summed E-state index contributed by atoms with van der Waals surface area (Å²) >= 11 is 3.23. The molecule has 2 rings (SSSR count). The summed E-state index contributed by atoms with van der Waals surface area (Å²) in [6.07, 6.45) is 1.09. The van der Waals surface area contributed by atoms with Crippen LogP contribution in [-0.2, 0) is 6.42 Å². The van der Waals surface area contributed by atoms with Crippen molar-refractivity contribution in [2.45, 2.75) is 6.42 Å². The molecule has 0 fully saturated rings. The Hall–Kier alpha value is -2.01. The van der Waals surface area contributed by atoms with Gasteiger partial charge in [-0.2, -0.15) is 0 Å². The summed E-state index contributed by atoms with van der Waals surface area (Å²) in [6.45, 7) is 0.326. The van der Waals surface area contributed by atoms with E-state index in [1.54, 1.807) is 30.3 Å².